The van der Waals surface area contributed by atoms with E-state index in [2.05, 4.69) is 0 Å². The summed E-state index contributed by atoms with van der Waals surface area (Å²) < 4.78 is 27.5. The van der Waals surface area contributed by atoms with Crippen LogP contribution in [-0.2, 0) is 18.8 Å². The van der Waals surface area contributed by atoms with Crippen molar-refractivity contribution in [3.8, 4) is 22.6 Å². The van der Waals surface area contributed by atoms with Gasteiger partial charge in [0.15, 0.2) is 0 Å². The van der Waals surface area contributed by atoms with Crippen molar-refractivity contribution in [2.24, 2.45) is 0 Å². The molecule has 5 rings (SSSR count). The largest absolute Gasteiger partial charge is 0.489 e. The smallest absolute Gasteiger partial charge is 0.134 e. The van der Waals surface area contributed by atoms with Crippen molar-refractivity contribution >= 4 is 0 Å². The molecular formula is C31H29FO3. The molecule has 0 aromatic heterocycles. The number of hydrogen-bond donors (Lipinski definition) is 1. The standard InChI is InChI=1S/C31H29FO3/c1-21-15-25(26-16-22(2)30(18-28(26)32)35-20-24-11-7-4-8-12-24)27(31(33)13-14-31)17-29(21)34-19-23-9-5-3-6-10-23/h3-12,15-18,33H,13-14,19-20H2,1-2H3. The molecule has 0 spiro atoms. The van der Waals surface area contributed by atoms with E-state index < -0.39 is 5.60 Å². The molecule has 0 amide bonds. The molecule has 0 bridgehead atoms. The molecule has 0 radical (unpaired) electrons. The first-order chi connectivity index (χ1) is 16.9. The van der Waals surface area contributed by atoms with Crippen LogP contribution in [0.2, 0.25) is 0 Å². The first-order valence-corrected chi connectivity index (χ1v) is 11.9. The molecule has 1 aliphatic rings. The minimum Gasteiger partial charge on any atom is -0.489 e. The van der Waals surface area contributed by atoms with Crippen LogP contribution < -0.4 is 9.47 Å². The van der Waals surface area contributed by atoms with Crippen molar-refractivity contribution < 1.29 is 19.0 Å². The zero-order valence-corrected chi connectivity index (χ0v) is 20.1. The van der Waals surface area contributed by atoms with Gasteiger partial charge in [-0.15, -0.1) is 0 Å². The third kappa shape index (κ3) is 5.08. The predicted molar refractivity (Wildman–Crippen MR) is 136 cm³/mol. The Balaban J connectivity index is 1.45. The van der Waals surface area contributed by atoms with Crippen LogP contribution in [0, 0.1) is 19.7 Å². The van der Waals surface area contributed by atoms with Crippen LogP contribution >= 0.6 is 0 Å². The predicted octanol–water partition coefficient (Wildman–Crippen LogP) is 7.25. The fraction of sp³-hybridized carbons (Fsp3) is 0.226. The molecule has 0 aliphatic heterocycles. The molecule has 4 aromatic rings. The molecule has 1 fully saturated rings. The highest BCUT2D eigenvalue weighted by Crippen LogP contribution is 2.51. The number of rotatable bonds is 8. The van der Waals surface area contributed by atoms with Gasteiger partial charge in [0.2, 0.25) is 0 Å². The van der Waals surface area contributed by atoms with Gasteiger partial charge in [0.1, 0.15) is 30.5 Å². The summed E-state index contributed by atoms with van der Waals surface area (Å²) >= 11 is 0. The lowest BCUT2D eigenvalue weighted by Crippen LogP contribution is -2.09. The fourth-order valence-electron chi connectivity index (χ4n) is 4.33. The van der Waals surface area contributed by atoms with Crippen LogP contribution in [-0.4, -0.2) is 5.11 Å². The zero-order chi connectivity index (χ0) is 24.4. The van der Waals surface area contributed by atoms with Crippen molar-refractivity contribution in [2.45, 2.75) is 45.5 Å². The van der Waals surface area contributed by atoms with E-state index in [1.807, 2.05) is 92.7 Å². The van der Waals surface area contributed by atoms with E-state index in [4.69, 9.17) is 9.47 Å². The van der Waals surface area contributed by atoms with Gasteiger partial charge in [-0.1, -0.05) is 60.7 Å². The van der Waals surface area contributed by atoms with Crippen LogP contribution in [0.15, 0.2) is 84.9 Å². The van der Waals surface area contributed by atoms with Gasteiger partial charge in [0.25, 0.3) is 0 Å². The van der Waals surface area contributed by atoms with Gasteiger partial charge in [-0.05, 0) is 78.3 Å². The number of hydrogen-bond acceptors (Lipinski definition) is 3. The topological polar surface area (TPSA) is 38.7 Å². The lowest BCUT2D eigenvalue weighted by molar-refractivity contribution is 0.151. The minimum atomic E-state index is -0.948. The average Bonchev–Trinajstić information content (AvgIpc) is 3.62. The van der Waals surface area contributed by atoms with Crippen molar-refractivity contribution in [3.05, 3.63) is 119 Å². The van der Waals surface area contributed by atoms with Crippen LogP contribution in [0.25, 0.3) is 11.1 Å². The summed E-state index contributed by atoms with van der Waals surface area (Å²) in [6, 6.07) is 26.8. The van der Waals surface area contributed by atoms with Crippen molar-refractivity contribution in [2.75, 3.05) is 0 Å². The summed E-state index contributed by atoms with van der Waals surface area (Å²) in [5.74, 6) is 0.843. The Bertz CT molecular complexity index is 1330. The number of benzene rings is 4. The Labute approximate surface area is 205 Å². The zero-order valence-electron chi connectivity index (χ0n) is 20.1. The van der Waals surface area contributed by atoms with Gasteiger partial charge < -0.3 is 14.6 Å². The number of aryl methyl sites for hydroxylation is 2. The molecule has 3 nitrogen and oxygen atoms in total. The summed E-state index contributed by atoms with van der Waals surface area (Å²) in [5.41, 5.74) is 4.75. The van der Waals surface area contributed by atoms with E-state index in [-0.39, 0.29) is 5.82 Å². The van der Waals surface area contributed by atoms with E-state index in [0.29, 0.717) is 54.2 Å². The third-order valence-corrected chi connectivity index (χ3v) is 6.57. The number of ether oxygens (including phenoxy) is 2. The molecule has 0 unspecified atom stereocenters. The molecular weight excluding hydrogens is 439 g/mol. The molecule has 1 N–H and O–H groups in total. The quantitative estimate of drug-likeness (QED) is 0.296. The molecule has 178 valence electrons. The van der Waals surface area contributed by atoms with Crippen LogP contribution in [0.3, 0.4) is 0 Å². The molecule has 4 aromatic carbocycles. The molecule has 1 aliphatic carbocycles. The summed E-state index contributed by atoms with van der Waals surface area (Å²) in [5, 5.41) is 11.1. The third-order valence-electron chi connectivity index (χ3n) is 6.57. The molecule has 1 saturated carbocycles. The van der Waals surface area contributed by atoms with Gasteiger partial charge in [0, 0.05) is 11.6 Å². The van der Waals surface area contributed by atoms with Crippen molar-refractivity contribution in [1.29, 1.82) is 0 Å². The lowest BCUT2D eigenvalue weighted by Gasteiger charge is -2.20. The summed E-state index contributed by atoms with van der Waals surface area (Å²) in [7, 11) is 0. The van der Waals surface area contributed by atoms with Crippen molar-refractivity contribution in [1.82, 2.24) is 0 Å². The first-order valence-electron chi connectivity index (χ1n) is 11.9. The molecule has 4 heteroatoms. The number of aliphatic hydroxyl groups is 1. The Morgan fingerprint density at radius 2 is 1.20 bits per heavy atom. The van der Waals surface area contributed by atoms with Crippen molar-refractivity contribution in [3.63, 3.8) is 0 Å². The van der Waals surface area contributed by atoms with E-state index >= 15 is 4.39 Å². The monoisotopic (exact) mass is 468 g/mol. The molecule has 0 atom stereocenters. The van der Waals surface area contributed by atoms with Crippen LogP contribution in [0.4, 0.5) is 4.39 Å². The average molecular weight is 469 g/mol. The Morgan fingerprint density at radius 3 is 1.71 bits per heavy atom. The Morgan fingerprint density at radius 1 is 0.714 bits per heavy atom. The second-order valence-corrected chi connectivity index (χ2v) is 9.34. The fourth-order valence-corrected chi connectivity index (χ4v) is 4.33. The van der Waals surface area contributed by atoms with E-state index in [0.717, 1.165) is 22.3 Å². The highest BCUT2D eigenvalue weighted by molar-refractivity contribution is 5.73. The second kappa shape index (κ2) is 9.55. The SMILES string of the molecule is Cc1cc(-c2cc(C)c(OCc3ccccc3)cc2C2(O)CC2)c(F)cc1OCc1ccccc1. The first kappa shape index (κ1) is 23.1. The summed E-state index contributed by atoms with van der Waals surface area (Å²) in [6.07, 6.45) is 1.31. The maximum absolute atomic E-state index is 15.4. The van der Waals surface area contributed by atoms with E-state index in [1.54, 1.807) is 0 Å². The number of halogens is 1. The maximum Gasteiger partial charge on any atom is 0.134 e. The Hall–Kier alpha value is -3.63. The highest BCUT2D eigenvalue weighted by atomic mass is 19.1. The highest BCUT2D eigenvalue weighted by Gasteiger charge is 2.44. The van der Waals surface area contributed by atoms with E-state index in [9.17, 15) is 5.11 Å². The second-order valence-electron chi connectivity index (χ2n) is 9.34. The lowest BCUT2D eigenvalue weighted by atomic mass is 9.91. The van der Waals surface area contributed by atoms with Gasteiger partial charge in [-0.2, -0.15) is 0 Å². The molecule has 0 saturated heterocycles. The van der Waals surface area contributed by atoms with Crippen LogP contribution in [0.1, 0.15) is 40.7 Å². The Kier molecular flexibility index (Phi) is 6.31. The molecule has 0 heterocycles. The van der Waals surface area contributed by atoms with Gasteiger partial charge in [-0.3, -0.25) is 0 Å². The maximum atomic E-state index is 15.4. The summed E-state index contributed by atoms with van der Waals surface area (Å²) in [6.45, 7) is 4.67. The van der Waals surface area contributed by atoms with Gasteiger partial charge in [0.05, 0.1) is 5.60 Å². The normalized spacial score (nSPS) is 13.9. The van der Waals surface area contributed by atoms with Gasteiger partial charge >= 0.3 is 0 Å². The van der Waals surface area contributed by atoms with Crippen LogP contribution in [0.5, 0.6) is 11.5 Å². The minimum absolute atomic E-state index is 0.373. The van der Waals surface area contributed by atoms with Gasteiger partial charge in [-0.25, -0.2) is 4.39 Å². The summed E-state index contributed by atoms with van der Waals surface area (Å²) in [4.78, 5) is 0. The molecule has 35 heavy (non-hydrogen) atoms. The van der Waals surface area contributed by atoms with E-state index in [1.165, 1.54) is 6.07 Å².